The molecule has 0 radical (unpaired) electrons. The molecule has 0 aromatic heterocycles. The molecule has 2 unspecified atom stereocenters. The Morgan fingerprint density at radius 1 is 1.50 bits per heavy atom. The number of carbonyl (C=O) groups excluding carboxylic acids is 1. The molecule has 0 aliphatic heterocycles. The Kier molecular flexibility index (Phi) is 4.11. The number of amides is 1. The van der Waals surface area contributed by atoms with Crippen LogP contribution in [0, 0.1) is 0 Å². The number of hydrogen-bond acceptors (Lipinski definition) is 4. The predicted molar refractivity (Wildman–Crippen MR) is 82.2 cm³/mol. The third-order valence-corrected chi connectivity index (χ3v) is 5.90. The molecule has 2 rings (SSSR count). The summed E-state index contributed by atoms with van der Waals surface area (Å²) in [5.74, 6) is -0.620. The zero-order valence-corrected chi connectivity index (χ0v) is 13.5. The molecule has 1 aliphatic carbocycles. The monoisotopic (exact) mass is 360 g/mol. The summed E-state index contributed by atoms with van der Waals surface area (Å²) in [5, 5.41) is 2.28. The Hall–Kier alpha value is -1.08. The summed E-state index contributed by atoms with van der Waals surface area (Å²) in [4.78, 5) is 12.0. The summed E-state index contributed by atoms with van der Waals surface area (Å²) < 4.78 is 24.8. The summed E-state index contributed by atoms with van der Waals surface area (Å²) in [6.45, 7) is 0. The molecule has 20 heavy (non-hydrogen) atoms. The number of rotatable bonds is 4. The van der Waals surface area contributed by atoms with Crippen LogP contribution < -0.4 is 11.1 Å². The van der Waals surface area contributed by atoms with Gasteiger partial charge < -0.3 is 11.1 Å². The zero-order chi connectivity index (χ0) is 15.0. The second kappa shape index (κ2) is 5.37. The number of anilines is 1. The lowest BCUT2D eigenvalue weighted by molar-refractivity contribution is -0.122. The summed E-state index contributed by atoms with van der Waals surface area (Å²) in [7, 11) is -3.36. The number of hydrogen-bond donors (Lipinski definition) is 2. The van der Waals surface area contributed by atoms with Crippen molar-refractivity contribution in [3.8, 4) is 0 Å². The van der Waals surface area contributed by atoms with Gasteiger partial charge in [0.05, 0.1) is 5.25 Å². The molecule has 3 N–H and O–H groups in total. The molecule has 1 saturated carbocycles. The highest BCUT2D eigenvalue weighted by Crippen LogP contribution is 2.37. The van der Waals surface area contributed by atoms with Gasteiger partial charge in [0.2, 0.25) is 5.91 Å². The van der Waals surface area contributed by atoms with Crippen LogP contribution in [0.5, 0.6) is 0 Å². The molecule has 0 spiro atoms. The second-order valence-corrected chi connectivity index (χ2v) is 8.33. The maximum absolute atomic E-state index is 12.0. The van der Waals surface area contributed by atoms with E-state index in [2.05, 4.69) is 21.2 Å². The minimum atomic E-state index is -3.36. The summed E-state index contributed by atoms with van der Waals surface area (Å²) in [5.41, 5.74) is 4.98. The van der Waals surface area contributed by atoms with Crippen LogP contribution in [-0.4, -0.2) is 31.4 Å². The van der Waals surface area contributed by atoms with E-state index < -0.39 is 26.5 Å². The third kappa shape index (κ3) is 2.83. The van der Waals surface area contributed by atoms with E-state index in [0.29, 0.717) is 24.9 Å². The Labute approximate surface area is 127 Å². The van der Waals surface area contributed by atoms with E-state index in [4.69, 9.17) is 5.73 Å². The Morgan fingerprint density at radius 2 is 2.20 bits per heavy atom. The first-order valence-electron chi connectivity index (χ1n) is 6.28. The van der Waals surface area contributed by atoms with Crippen LogP contribution >= 0.6 is 15.9 Å². The standard InChI is InChI=1S/C13H17BrN2O3S/c1-20(18,19)11-6-3-7-13(11,12(15)17)16-10-5-2-4-9(14)8-10/h2,4-5,8,11,16H,3,6-7H2,1H3,(H2,15,17). The third-order valence-electron chi connectivity index (χ3n) is 3.74. The fourth-order valence-corrected chi connectivity index (χ4v) is 4.88. The van der Waals surface area contributed by atoms with E-state index in [0.717, 1.165) is 10.7 Å². The average Bonchev–Trinajstić information content (AvgIpc) is 2.73. The van der Waals surface area contributed by atoms with E-state index in [1.54, 1.807) is 12.1 Å². The highest BCUT2D eigenvalue weighted by molar-refractivity contribution is 9.10. The molecule has 110 valence electrons. The molecule has 0 bridgehead atoms. The Bertz CT molecular complexity index is 632. The van der Waals surface area contributed by atoms with Gasteiger partial charge >= 0.3 is 0 Å². The number of halogens is 1. The van der Waals surface area contributed by atoms with Gasteiger partial charge in [-0.25, -0.2) is 8.42 Å². The van der Waals surface area contributed by atoms with Gasteiger partial charge in [-0.1, -0.05) is 22.0 Å². The predicted octanol–water partition coefficient (Wildman–Crippen LogP) is 1.68. The number of primary amides is 1. The molecule has 0 saturated heterocycles. The van der Waals surface area contributed by atoms with Crippen molar-refractivity contribution < 1.29 is 13.2 Å². The van der Waals surface area contributed by atoms with Gasteiger partial charge in [-0.3, -0.25) is 4.79 Å². The van der Waals surface area contributed by atoms with Crippen LogP contribution in [0.3, 0.4) is 0 Å². The van der Waals surface area contributed by atoms with Crippen LogP contribution in [0.1, 0.15) is 19.3 Å². The maximum Gasteiger partial charge on any atom is 0.244 e. The van der Waals surface area contributed by atoms with Gasteiger partial charge in [0.15, 0.2) is 9.84 Å². The van der Waals surface area contributed by atoms with Gasteiger partial charge in [-0.05, 0) is 37.5 Å². The second-order valence-electron chi connectivity index (χ2n) is 5.18. The first-order chi connectivity index (χ1) is 9.25. The normalized spacial score (nSPS) is 26.4. The molecular weight excluding hydrogens is 344 g/mol. The fourth-order valence-electron chi connectivity index (χ4n) is 2.86. The minimum absolute atomic E-state index is 0.423. The first-order valence-corrected chi connectivity index (χ1v) is 9.03. The fraction of sp³-hybridized carbons (Fsp3) is 0.462. The molecule has 0 heterocycles. The van der Waals surface area contributed by atoms with Crippen LogP contribution in [-0.2, 0) is 14.6 Å². The van der Waals surface area contributed by atoms with Crippen molar-refractivity contribution in [2.24, 2.45) is 5.73 Å². The van der Waals surface area contributed by atoms with Crippen molar-refractivity contribution in [2.45, 2.75) is 30.1 Å². The van der Waals surface area contributed by atoms with Crippen molar-refractivity contribution in [3.05, 3.63) is 28.7 Å². The van der Waals surface area contributed by atoms with Gasteiger partial charge in [-0.2, -0.15) is 0 Å². The van der Waals surface area contributed by atoms with Crippen molar-refractivity contribution in [1.29, 1.82) is 0 Å². The molecule has 1 aromatic carbocycles. The summed E-state index contributed by atoms with van der Waals surface area (Å²) in [6, 6.07) is 7.24. The molecule has 1 aromatic rings. The number of nitrogens with one attached hydrogen (secondary N) is 1. The lowest BCUT2D eigenvalue weighted by atomic mass is 9.95. The van der Waals surface area contributed by atoms with Gasteiger partial charge in [0.25, 0.3) is 0 Å². The highest BCUT2D eigenvalue weighted by Gasteiger charge is 2.52. The molecular formula is C13H17BrN2O3S. The van der Waals surface area contributed by atoms with Crippen molar-refractivity contribution in [1.82, 2.24) is 0 Å². The highest BCUT2D eigenvalue weighted by atomic mass is 79.9. The summed E-state index contributed by atoms with van der Waals surface area (Å²) in [6.07, 6.45) is 2.68. The van der Waals surface area contributed by atoms with Gasteiger partial charge in [0, 0.05) is 16.4 Å². The maximum atomic E-state index is 12.0. The van der Waals surface area contributed by atoms with Crippen molar-refractivity contribution in [2.75, 3.05) is 11.6 Å². The summed E-state index contributed by atoms with van der Waals surface area (Å²) >= 11 is 3.35. The molecule has 1 aliphatic rings. The lowest BCUT2D eigenvalue weighted by Crippen LogP contribution is -2.58. The van der Waals surface area contributed by atoms with Crippen molar-refractivity contribution in [3.63, 3.8) is 0 Å². The lowest BCUT2D eigenvalue weighted by Gasteiger charge is -2.33. The Balaban J connectivity index is 2.43. The Morgan fingerprint density at radius 3 is 2.75 bits per heavy atom. The topological polar surface area (TPSA) is 89.3 Å². The molecule has 7 heteroatoms. The van der Waals surface area contributed by atoms with E-state index in [9.17, 15) is 13.2 Å². The SMILES string of the molecule is CS(=O)(=O)C1CCCC1(Nc1cccc(Br)c1)C(N)=O. The van der Waals surface area contributed by atoms with E-state index in [1.807, 2.05) is 12.1 Å². The molecule has 5 nitrogen and oxygen atoms in total. The van der Waals surface area contributed by atoms with E-state index >= 15 is 0 Å². The van der Waals surface area contributed by atoms with E-state index in [-0.39, 0.29) is 0 Å². The minimum Gasteiger partial charge on any atom is -0.370 e. The van der Waals surface area contributed by atoms with Crippen LogP contribution in [0.25, 0.3) is 0 Å². The van der Waals surface area contributed by atoms with Crippen LogP contribution in [0.2, 0.25) is 0 Å². The van der Waals surface area contributed by atoms with Gasteiger partial charge in [-0.15, -0.1) is 0 Å². The quantitative estimate of drug-likeness (QED) is 0.854. The van der Waals surface area contributed by atoms with Crippen LogP contribution in [0.4, 0.5) is 5.69 Å². The molecule has 2 atom stereocenters. The van der Waals surface area contributed by atoms with Crippen LogP contribution in [0.15, 0.2) is 28.7 Å². The zero-order valence-electron chi connectivity index (χ0n) is 11.1. The van der Waals surface area contributed by atoms with E-state index in [1.165, 1.54) is 0 Å². The smallest absolute Gasteiger partial charge is 0.244 e. The molecule has 1 fully saturated rings. The van der Waals surface area contributed by atoms with Crippen molar-refractivity contribution >= 4 is 37.4 Å². The first kappa shape index (κ1) is 15.3. The number of sulfone groups is 1. The number of nitrogens with two attached hydrogens (primary N) is 1. The number of carbonyl (C=O) groups is 1. The number of benzene rings is 1. The molecule has 1 amide bonds. The average molecular weight is 361 g/mol. The van der Waals surface area contributed by atoms with Gasteiger partial charge in [0.1, 0.15) is 5.54 Å². The largest absolute Gasteiger partial charge is 0.370 e.